The van der Waals surface area contributed by atoms with Gasteiger partial charge in [0.05, 0.1) is 10.6 Å². The van der Waals surface area contributed by atoms with E-state index in [1.165, 1.54) is 23.8 Å². The second-order valence-electron chi connectivity index (χ2n) is 7.45. The number of carbonyl (C=O) groups excluding carboxylic acids is 2. The van der Waals surface area contributed by atoms with Gasteiger partial charge in [-0.2, -0.15) is 0 Å². The van der Waals surface area contributed by atoms with Gasteiger partial charge < -0.3 is 9.80 Å². The number of hydrogen-bond acceptors (Lipinski definition) is 2. The van der Waals surface area contributed by atoms with Crippen LogP contribution in [0.25, 0.3) is 0 Å². The van der Waals surface area contributed by atoms with Crippen molar-refractivity contribution in [2.75, 3.05) is 13.1 Å². The number of piperazine rings is 1. The zero-order valence-corrected chi connectivity index (χ0v) is 15.3. The summed E-state index contributed by atoms with van der Waals surface area (Å²) < 4.78 is 13.2. The standard InChI is InChI=1S/C20H22ClFN2O2/c21-18-10-14(22)5-8-17(18)20(26)23-11-15-6-7-16(12-23)24(15)19(25)9-13-3-1-2-4-13/h3,5,8,10,15-16H,1-2,4,6-7,9,11-12H2. The van der Waals surface area contributed by atoms with Gasteiger partial charge >= 0.3 is 0 Å². The second kappa shape index (κ2) is 7.03. The molecule has 2 atom stereocenters. The molecule has 138 valence electrons. The van der Waals surface area contributed by atoms with Crippen LogP contribution < -0.4 is 0 Å². The van der Waals surface area contributed by atoms with Crippen LogP contribution in [0.1, 0.15) is 48.9 Å². The van der Waals surface area contributed by atoms with Crippen LogP contribution in [0.2, 0.25) is 5.02 Å². The first-order valence-corrected chi connectivity index (χ1v) is 9.64. The molecule has 1 aromatic carbocycles. The summed E-state index contributed by atoms with van der Waals surface area (Å²) in [7, 11) is 0. The molecule has 2 aliphatic heterocycles. The van der Waals surface area contributed by atoms with E-state index in [1.54, 1.807) is 4.90 Å². The van der Waals surface area contributed by atoms with Gasteiger partial charge in [-0.25, -0.2) is 4.39 Å². The highest BCUT2D eigenvalue weighted by Crippen LogP contribution is 2.33. The van der Waals surface area contributed by atoms with Crippen LogP contribution in [-0.2, 0) is 4.79 Å². The fourth-order valence-electron chi connectivity index (χ4n) is 4.49. The number of allylic oxidation sites excluding steroid dienone is 1. The number of rotatable bonds is 3. The number of nitrogens with zero attached hydrogens (tertiary/aromatic N) is 2. The minimum atomic E-state index is -0.455. The van der Waals surface area contributed by atoms with E-state index in [9.17, 15) is 14.0 Å². The van der Waals surface area contributed by atoms with Crippen molar-refractivity contribution in [3.63, 3.8) is 0 Å². The van der Waals surface area contributed by atoms with E-state index in [-0.39, 0.29) is 28.9 Å². The molecule has 0 saturated carbocycles. The Balaban J connectivity index is 1.46. The molecule has 0 radical (unpaired) electrons. The Kier molecular flexibility index (Phi) is 4.74. The van der Waals surface area contributed by atoms with Crippen LogP contribution >= 0.6 is 11.6 Å². The van der Waals surface area contributed by atoms with Crippen LogP contribution in [0.3, 0.4) is 0 Å². The van der Waals surface area contributed by atoms with Gasteiger partial charge in [0.2, 0.25) is 5.91 Å². The number of likely N-dealkylation sites (tertiary alicyclic amines) is 1. The molecule has 3 aliphatic rings. The Morgan fingerprint density at radius 3 is 2.54 bits per heavy atom. The van der Waals surface area contributed by atoms with Crippen LogP contribution in [0.4, 0.5) is 4.39 Å². The summed E-state index contributed by atoms with van der Waals surface area (Å²) in [6, 6.07) is 4.01. The maximum atomic E-state index is 13.2. The Labute approximate surface area is 157 Å². The summed E-state index contributed by atoms with van der Waals surface area (Å²) in [6.45, 7) is 1.04. The van der Waals surface area contributed by atoms with Gasteiger partial charge in [0.1, 0.15) is 5.82 Å². The highest BCUT2D eigenvalue weighted by Gasteiger charge is 2.44. The maximum Gasteiger partial charge on any atom is 0.255 e. The molecule has 4 nitrogen and oxygen atoms in total. The van der Waals surface area contributed by atoms with Crippen LogP contribution in [0.15, 0.2) is 29.8 Å². The summed E-state index contributed by atoms with van der Waals surface area (Å²) >= 11 is 6.05. The van der Waals surface area contributed by atoms with Crippen molar-refractivity contribution in [2.45, 2.75) is 50.6 Å². The summed E-state index contributed by atoms with van der Waals surface area (Å²) in [5.74, 6) is -0.446. The van der Waals surface area contributed by atoms with Crippen molar-refractivity contribution in [2.24, 2.45) is 0 Å². The average Bonchev–Trinajstić information content (AvgIpc) is 3.20. The van der Waals surface area contributed by atoms with Crippen LogP contribution in [0.5, 0.6) is 0 Å². The van der Waals surface area contributed by atoms with E-state index in [1.807, 2.05) is 4.90 Å². The molecule has 26 heavy (non-hydrogen) atoms. The zero-order valence-electron chi connectivity index (χ0n) is 14.6. The number of benzene rings is 1. The van der Waals surface area contributed by atoms with Gasteiger partial charge in [-0.1, -0.05) is 23.3 Å². The molecule has 2 heterocycles. The normalized spacial score (nSPS) is 24.8. The van der Waals surface area contributed by atoms with Crippen molar-refractivity contribution in [1.82, 2.24) is 9.80 Å². The Morgan fingerprint density at radius 2 is 1.92 bits per heavy atom. The minimum Gasteiger partial charge on any atom is -0.334 e. The molecular formula is C20H22ClFN2O2. The molecule has 4 rings (SSSR count). The Bertz CT molecular complexity index is 765. The fourth-order valence-corrected chi connectivity index (χ4v) is 4.74. The third-order valence-electron chi connectivity index (χ3n) is 5.73. The van der Waals surface area contributed by atoms with E-state index < -0.39 is 5.82 Å². The topological polar surface area (TPSA) is 40.6 Å². The predicted molar refractivity (Wildman–Crippen MR) is 97.5 cm³/mol. The second-order valence-corrected chi connectivity index (χ2v) is 7.86. The summed E-state index contributed by atoms with van der Waals surface area (Å²) in [5, 5.41) is 0.133. The van der Waals surface area contributed by atoms with E-state index in [4.69, 9.17) is 11.6 Å². The lowest BCUT2D eigenvalue weighted by Crippen LogP contribution is -2.57. The third-order valence-corrected chi connectivity index (χ3v) is 6.04. The SMILES string of the molecule is O=C(c1ccc(F)cc1Cl)N1CC2CCC(C1)N2C(=O)CC1=CCCC1. The first-order chi connectivity index (χ1) is 12.5. The average molecular weight is 377 g/mol. The van der Waals surface area contributed by atoms with E-state index in [0.29, 0.717) is 25.1 Å². The first kappa shape index (κ1) is 17.5. The molecule has 6 heteroatoms. The lowest BCUT2D eigenvalue weighted by atomic mass is 10.1. The Hall–Kier alpha value is -1.88. The molecule has 2 saturated heterocycles. The zero-order chi connectivity index (χ0) is 18.3. The van der Waals surface area contributed by atoms with Crippen molar-refractivity contribution in [3.8, 4) is 0 Å². The first-order valence-electron chi connectivity index (χ1n) is 9.26. The molecule has 0 aromatic heterocycles. The molecule has 2 fully saturated rings. The van der Waals surface area contributed by atoms with E-state index in [2.05, 4.69) is 6.08 Å². The molecular weight excluding hydrogens is 355 g/mol. The lowest BCUT2D eigenvalue weighted by Gasteiger charge is -2.41. The van der Waals surface area contributed by atoms with Crippen LogP contribution in [-0.4, -0.2) is 46.8 Å². The van der Waals surface area contributed by atoms with Gasteiger partial charge in [0.15, 0.2) is 0 Å². The maximum absolute atomic E-state index is 13.2. The van der Waals surface area contributed by atoms with Crippen molar-refractivity contribution < 1.29 is 14.0 Å². The predicted octanol–water partition coefficient (Wildman–Crippen LogP) is 3.79. The van der Waals surface area contributed by atoms with Crippen molar-refractivity contribution >= 4 is 23.4 Å². The van der Waals surface area contributed by atoms with Gasteiger partial charge in [0.25, 0.3) is 5.91 Å². The van der Waals surface area contributed by atoms with Gasteiger partial charge in [-0.15, -0.1) is 0 Å². The number of amides is 2. The third kappa shape index (κ3) is 3.25. The lowest BCUT2D eigenvalue weighted by molar-refractivity contribution is -0.135. The Morgan fingerprint density at radius 1 is 1.19 bits per heavy atom. The van der Waals surface area contributed by atoms with E-state index in [0.717, 1.165) is 32.1 Å². The molecule has 1 aromatic rings. The van der Waals surface area contributed by atoms with Crippen LogP contribution in [0, 0.1) is 5.82 Å². The fraction of sp³-hybridized carbons (Fsp3) is 0.500. The molecule has 2 unspecified atom stereocenters. The van der Waals surface area contributed by atoms with E-state index >= 15 is 0 Å². The highest BCUT2D eigenvalue weighted by atomic mass is 35.5. The summed E-state index contributed by atoms with van der Waals surface area (Å²) in [6.07, 6.45) is 7.82. The summed E-state index contributed by atoms with van der Waals surface area (Å²) in [5.41, 5.74) is 1.58. The smallest absolute Gasteiger partial charge is 0.255 e. The van der Waals surface area contributed by atoms with Crippen molar-refractivity contribution in [1.29, 1.82) is 0 Å². The van der Waals surface area contributed by atoms with Crippen molar-refractivity contribution in [3.05, 3.63) is 46.3 Å². The van der Waals surface area contributed by atoms with Gasteiger partial charge in [-0.3, -0.25) is 9.59 Å². The van der Waals surface area contributed by atoms with Gasteiger partial charge in [-0.05, 0) is 50.3 Å². The highest BCUT2D eigenvalue weighted by molar-refractivity contribution is 6.33. The molecule has 2 amide bonds. The summed E-state index contributed by atoms with van der Waals surface area (Å²) in [4.78, 5) is 29.4. The monoisotopic (exact) mass is 376 g/mol. The molecule has 2 bridgehead atoms. The molecule has 0 N–H and O–H groups in total. The largest absolute Gasteiger partial charge is 0.334 e. The number of halogens is 2. The molecule has 1 aliphatic carbocycles. The minimum absolute atomic E-state index is 0.0754. The molecule has 0 spiro atoms. The number of hydrogen-bond donors (Lipinski definition) is 0. The quantitative estimate of drug-likeness (QED) is 0.753. The number of carbonyl (C=O) groups is 2. The number of fused-ring (bicyclic) bond motifs is 2. The van der Waals surface area contributed by atoms with Gasteiger partial charge in [0, 0.05) is 31.6 Å².